The van der Waals surface area contributed by atoms with Gasteiger partial charge in [-0.3, -0.25) is 4.99 Å². The van der Waals surface area contributed by atoms with Gasteiger partial charge < -0.3 is 15.4 Å². The summed E-state index contributed by atoms with van der Waals surface area (Å²) >= 11 is 1.75. The maximum absolute atomic E-state index is 5.59. The Morgan fingerprint density at radius 1 is 1.33 bits per heavy atom. The molecule has 2 rings (SSSR count). The lowest BCUT2D eigenvalue weighted by Crippen LogP contribution is -2.43. The van der Waals surface area contributed by atoms with Crippen molar-refractivity contribution in [2.75, 3.05) is 33.4 Å². The third-order valence-electron chi connectivity index (χ3n) is 4.79. The molecule has 1 aliphatic rings. The van der Waals surface area contributed by atoms with Crippen molar-refractivity contribution in [3.63, 3.8) is 0 Å². The van der Waals surface area contributed by atoms with E-state index in [0.717, 1.165) is 45.1 Å². The van der Waals surface area contributed by atoms with Crippen LogP contribution in [0, 0.1) is 5.41 Å². The molecule has 1 fully saturated rings. The highest BCUT2D eigenvalue weighted by Crippen LogP contribution is 2.40. The number of ether oxygens (including phenoxy) is 1. The molecule has 0 aliphatic heterocycles. The molecule has 0 radical (unpaired) electrons. The van der Waals surface area contributed by atoms with Gasteiger partial charge in [0.25, 0.3) is 0 Å². The minimum Gasteiger partial charge on any atom is -0.382 e. The number of thiophene rings is 1. The van der Waals surface area contributed by atoms with E-state index in [1.807, 2.05) is 7.05 Å². The topological polar surface area (TPSA) is 45.6 Å². The zero-order valence-corrected chi connectivity index (χ0v) is 18.1. The summed E-state index contributed by atoms with van der Waals surface area (Å²) in [6.07, 6.45) is 7.49. The summed E-state index contributed by atoms with van der Waals surface area (Å²) in [6, 6.07) is 2.18. The lowest BCUT2D eigenvalue weighted by Gasteiger charge is -2.30. The number of aliphatic imine (C=N–C) groups is 1. The second-order valence-corrected chi connectivity index (χ2v) is 7.17. The minimum atomic E-state index is 0. The molecule has 0 spiro atoms. The van der Waals surface area contributed by atoms with Crippen molar-refractivity contribution in [3.05, 3.63) is 22.4 Å². The van der Waals surface area contributed by atoms with Gasteiger partial charge in [-0.05, 0) is 60.4 Å². The summed E-state index contributed by atoms with van der Waals surface area (Å²) in [5, 5.41) is 11.3. The van der Waals surface area contributed by atoms with E-state index in [0.29, 0.717) is 5.41 Å². The molecule has 138 valence electrons. The van der Waals surface area contributed by atoms with Crippen LogP contribution in [0.5, 0.6) is 0 Å². The Hall–Kier alpha value is -0.340. The normalized spacial score (nSPS) is 16.7. The van der Waals surface area contributed by atoms with Crippen molar-refractivity contribution >= 4 is 41.3 Å². The molecule has 4 nitrogen and oxygen atoms in total. The number of guanidine groups is 1. The van der Waals surface area contributed by atoms with Crippen LogP contribution < -0.4 is 10.6 Å². The first-order valence-corrected chi connectivity index (χ1v) is 9.76. The van der Waals surface area contributed by atoms with Gasteiger partial charge >= 0.3 is 0 Å². The van der Waals surface area contributed by atoms with E-state index in [9.17, 15) is 0 Å². The lowest BCUT2D eigenvalue weighted by molar-refractivity contribution is 0.105. The van der Waals surface area contributed by atoms with Crippen LogP contribution in [0.15, 0.2) is 21.8 Å². The van der Waals surface area contributed by atoms with Crippen LogP contribution in [0.3, 0.4) is 0 Å². The van der Waals surface area contributed by atoms with Crippen LogP contribution in [-0.4, -0.2) is 39.3 Å². The first-order valence-electron chi connectivity index (χ1n) is 8.81. The van der Waals surface area contributed by atoms with Gasteiger partial charge in [0.1, 0.15) is 0 Å². The maximum atomic E-state index is 5.59. The molecule has 0 amide bonds. The molecule has 1 aromatic heterocycles. The fraction of sp³-hybridized carbons (Fsp3) is 0.722. The van der Waals surface area contributed by atoms with E-state index in [2.05, 4.69) is 39.4 Å². The van der Waals surface area contributed by atoms with Gasteiger partial charge in [0, 0.05) is 33.4 Å². The van der Waals surface area contributed by atoms with E-state index in [1.165, 1.54) is 31.2 Å². The molecule has 24 heavy (non-hydrogen) atoms. The summed E-state index contributed by atoms with van der Waals surface area (Å²) in [5.74, 6) is 0.919. The first-order chi connectivity index (χ1) is 11.3. The van der Waals surface area contributed by atoms with Gasteiger partial charge in [-0.2, -0.15) is 11.3 Å². The Morgan fingerprint density at radius 2 is 2.12 bits per heavy atom. The van der Waals surface area contributed by atoms with Crippen LogP contribution in [-0.2, 0) is 11.2 Å². The van der Waals surface area contributed by atoms with Crippen molar-refractivity contribution in [3.8, 4) is 0 Å². The maximum Gasteiger partial charge on any atom is 0.191 e. The number of rotatable bonds is 9. The van der Waals surface area contributed by atoms with E-state index in [1.54, 1.807) is 11.3 Å². The van der Waals surface area contributed by atoms with Crippen LogP contribution in [0.1, 0.15) is 44.6 Å². The minimum absolute atomic E-state index is 0. The number of hydrogen-bond donors (Lipinski definition) is 2. The van der Waals surface area contributed by atoms with Crippen LogP contribution in [0.2, 0.25) is 0 Å². The summed E-state index contributed by atoms with van der Waals surface area (Å²) in [6.45, 7) is 5.68. The van der Waals surface area contributed by atoms with E-state index in [4.69, 9.17) is 4.74 Å². The molecule has 1 aliphatic carbocycles. The molecule has 0 unspecified atom stereocenters. The second kappa shape index (κ2) is 12.1. The molecule has 0 atom stereocenters. The highest BCUT2D eigenvalue weighted by Gasteiger charge is 2.33. The Morgan fingerprint density at radius 3 is 2.75 bits per heavy atom. The molecular formula is C18H32IN3OS. The second-order valence-electron chi connectivity index (χ2n) is 6.39. The average Bonchev–Trinajstić information content (AvgIpc) is 3.23. The average molecular weight is 465 g/mol. The first kappa shape index (κ1) is 21.7. The zero-order chi connectivity index (χ0) is 16.4. The van der Waals surface area contributed by atoms with Gasteiger partial charge in [0.2, 0.25) is 0 Å². The molecular weight excluding hydrogens is 433 g/mol. The zero-order valence-electron chi connectivity index (χ0n) is 15.0. The van der Waals surface area contributed by atoms with Gasteiger partial charge in [0.15, 0.2) is 5.96 Å². The number of nitrogens with zero attached hydrogens (tertiary/aromatic N) is 1. The molecule has 1 heterocycles. The standard InChI is InChI=1S/C18H31N3OS.HI/c1-3-22-12-10-18(8-4-5-9-18)15-21-17(19-2)20-11-6-16-7-13-23-14-16;/h7,13-14H,3-6,8-12,15H2,1-2H3,(H2,19,20,21);1H. The monoisotopic (exact) mass is 465 g/mol. The summed E-state index contributed by atoms with van der Waals surface area (Å²) in [5.41, 5.74) is 1.78. The van der Waals surface area contributed by atoms with Crippen LogP contribution in [0.4, 0.5) is 0 Å². The smallest absolute Gasteiger partial charge is 0.191 e. The van der Waals surface area contributed by atoms with Gasteiger partial charge in [-0.25, -0.2) is 0 Å². The highest BCUT2D eigenvalue weighted by atomic mass is 127. The Labute approximate surface area is 167 Å². The van der Waals surface area contributed by atoms with Gasteiger partial charge in [0.05, 0.1) is 0 Å². The quantitative estimate of drug-likeness (QED) is 0.250. The predicted octanol–water partition coefficient (Wildman–Crippen LogP) is 4.06. The Kier molecular flexibility index (Phi) is 10.9. The Balaban J connectivity index is 0.00000288. The third kappa shape index (κ3) is 7.27. The fourth-order valence-electron chi connectivity index (χ4n) is 3.33. The van der Waals surface area contributed by atoms with Crippen molar-refractivity contribution < 1.29 is 4.74 Å². The summed E-state index contributed by atoms with van der Waals surface area (Å²) in [7, 11) is 1.85. The third-order valence-corrected chi connectivity index (χ3v) is 5.52. The van der Waals surface area contributed by atoms with Gasteiger partial charge in [-0.15, -0.1) is 24.0 Å². The van der Waals surface area contributed by atoms with Crippen LogP contribution >= 0.6 is 35.3 Å². The summed E-state index contributed by atoms with van der Waals surface area (Å²) < 4.78 is 5.59. The van der Waals surface area contributed by atoms with E-state index >= 15 is 0 Å². The van der Waals surface area contributed by atoms with Crippen molar-refractivity contribution in [1.82, 2.24) is 10.6 Å². The SMILES string of the molecule is CCOCCC1(CNC(=NC)NCCc2ccsc2)CCCC1.I. The van der Waals surface area contributed by atoms with E-state index in [-0.39, 0.29) is 24.0 Å². The van der Waals surface area contributed by atoms with Crippen molar-refractivity contribution in [2.45, 2.75) is 45.4 Å². The molecule has 1 aromatic rings. The molecule has 0 bridgehead atoms. The van der Waals surface area contributed by atoms with Gasteiger partial charge in [-0.1, -0.05) is 12.8 Å². The number of halogens is 1. The van der Waals surface area contributed by atoms with E-state index < -0.39 is 0 Å². The molecule has 6 heteroatoms. The molecule has 0 saturated heterocycles. The van der Waals surface area contributed by atoms with Crippen LogP contribution in [0.25, 0.3) is 0 Å². The largest absolute Gasteiger partial charge is 0.382 e. The molecule has 1 saturated carbocycles. The number of hydrogen-bond acceptors (Lipinski definition) is 3. The summed E-state index contributed by atoms with van der Waals surface area (Å²) in [4.78, 5) is 4.36. The lowest BCUT2D eigenvalue weighted by atomic mass is 9.83. The molecule has 2 N–H and O–H groups in total. The Bertz CT molecular complexity index is 459. The van der Waals surface area contributed by atoms with Crippen molar-refractivity contribution in [1.29, 1.82) is 0 Å². The predicted molar refractivity (Wildman–Crippen MR) is 115 cm³/mol. The van der Waals surface area contributed by atoms with Crippen molar-refractivity contribution in [2.24, 2.45) is 10.4 Å². The fourth-order valence-corrected chi connectivity index (χ4v) is 4.03. The highest BCUT2D eigenvalue weighted by molar-refractivity contribution is 14.0. The molecule has 0 aromatic carbocycles. The number of nitrogens with one attached hydrogen (secondary N) is 2.